The first-order chi connectivity index (χ1) is 9.95. The lowest BCUT2D eigenvalue weighted by molar-refractivity contribution is 0.103. The van der Waals surface area contributed by atoms with Crippen molar-refractivity contribution in [2.45, 2.75) is 20.8 Å². The van der Waals surface area contributed by atoms with Gasteiger partial charge in [-0.1, -0.05) is 35.9 Å². The molecule has 0 aliphatic heterocycles. The maximum atomic E-state index is 12.9. The van der Waals surface area contributed by atoms with Crippen molar-refractivity contribution in [3.63, 3.8) is 0 Å². The van der Waals surface area contributed by atoms with Crippen LogP contribution in [0.25, 0.3) is 0 Å². The van der Waals surface area contributed by atoms with E-state index >= 15 is 0 Å². The minimum Gasteiger partial charge on any atom is -0.331 e. The lowest BCUT2D eigenvalue weighted by Crippen LogP contribution is -2.15. The van der Waals surface area contributed by atoms with Gasteiger partial charge in [0.15, 0.2) is 5.78 Å². The van der Waals surface area contributed by atoms with Crippen LogP contribution in [0.4, 0.5) is 0 Å². The van der Waals surface area contributed by atoms with Gasteiger partial charge in [0.05, 0.1) is 0 Å². The van der Waals surface area contributed by atoms with Crippen molar-refractivity contribution in [3.8, 4) is 0 Å². The molecule has 0 amide bonds. The smallest absolute Gasteiger partial charge is 0.221 e. The van der Waals surface area contributed by atoms with Gasteiger partial charge in [0, 0.05) is 23.5 Å². The Balaban J connectivity index is 2.59. The average molecular weight is 302 g/mol. The van der Waals surface area contributed by atoms with Gasteiger partial charge in [-0.2, -0.15) is 0 Å². The van der Waals surface area contributed by atoms with Crippen LogP contribution in [-0.4, -0.2) is 12.9 Å². The molecule has 0 aliphatic carbocycles. The van der Waals surface area contributed by atoms with Crippen molar-refractivity contribution >= 4 is 19.1 Å². The molecule has 21 heavy (non-hydrogen) atoms. The van der Waals surface area contributed by atoms with E-state index in [1.54, 1.807) is 24.3 Å². The molecule has 0 radical (unpaired) electrons. The van der Waals surface area contributed by atoms with Crippen molar-refractivity contribution in [2.75, 3.05) is 7.11 Å². The molecular weight excluding hydrogens is 283 g/mol. The Kier molecular flexibility index (Phi) is 4.76. The summed E-state index contributed by atoms with van der Waals surface area (Å²) in [7, 11) is -0.998. The molecule has 1 unspecified atom stereocenters. The Morgan fingerprint density at radius 3 is 2.19 bits per heavy atom. The van der Waals surface area contributed by atoms with Crippen molar-refractivity contribution in [1.29, 1.82) is 0 Å². The third kappa shape index (κ3) is 3.15. The highest BCUT2D eigenvalue weighted by molar-refractivity contribution is 7.48. The zero-order valence-electron chi connectivity index (χ0n) is 12.7. The van der Waals surface area contributed by atoms with Gasteiger partial charge < -0.3 is 4.52 Å². The lowest BCUT2D eigenvalue weighted by atomic mass is 9.93. The molecule has 2 rings (SSSR count). The second-order valence-electron chi connectivity index (χ2n) is 5.14. The normalized spacial score (nSPS) is 12.2. The Bertz CT molecular complexity index is 697. The molecule has 0 N–H and O–H groups in total. The number of rotatable bonds is 4. The van der Waals surface area contributed by atoms with Gasteiger partial charge in [0.1, 0.15) is 0 Å². The third-order valence-corrected chi connectivity index (χ3v) is 4.73. The summed E-state index contributed by atoms with van der Waals surface area (Å²) >= 11 is 0. The number of aryl methyl sites for hydroxylation is 3. The van der Waals surface area contributed by atoms with E-state index in [9.17, 15) is 9.36 Å². The Morgan fingerprint density at radius 1 is 1.05 bits per heavy atom. The van der Waals surface area contributed by atoms with E-state index in [2.05, 4.69) is 0 Å². The van der Waals surface area contributed by atoms with Gasteiger partial charge in [0.25, 0.3) is 0 Å². The van der Waals surface area contributed by atoms with Gasteiger partial charge in [-0.15, -0.1) is 0 Å². The second kappa shape index (κ2) is 6.38. The summed E-state index contributed by atoms with van der Waals surface area (Å²) in [5.74, 6) is -0.101. The number of hydrogen-bond donors (Lipinski definition) is 0. The SMILES string of the molecule is CO[PH](=O)c1ccccc1C(=O)c1c(C)cc(C)cc1C. The molecule has 0 heterocycles. The van der Waals surface area contributed by atoms with Gasteiger partial charge in [-0.05, 0) is 38.0 Å². The Hall–Kier alpha value is -1.70. The minimum absolute atomic E-state index is 0.101. The lowest BCUT2D eigenvalue weighted by Gasteiger charge is -2.13. The van der Waals surface area contributed by atoms with Gasteiger partial charge in [0.2, 0.25) is 8.03 Å². The molecule has 0 spiro atoms. The molecule has 0 fully saturated rings. The summed E-state index contributed by atoms with van der Waals surface area (Å²) in [6, 6.07) is 10.9. The van der Waals surface area contributed by atoms with Crippen LogP contribution < -0.4 is 5.30 Å². The monoisotopic (exact) mass is 302 g/mol. The summed E-state index contributed by atoms with van der Waals surface area (Å²) < 4.78 is 16.9. The molecule has 1 atom stereocenters. The van der Waals surface area contributed by atoms with Crippen LogP contribution in [0.1, 0.15) is 32.6 Å². The zero-order valence-corrected chi connectivity index (χ0v) is 13.7. The third-order valence-electron chi connectivity index (χ3n) is 3.48. The van der Waals surface area contributed by atoms with Crippen LogP contribution in [0.5, 0.6) is 0 Å². The topological polar surface area (TPSA) is 43.4 Å². The molecule has 0 bridgehead atoms. The molecule has 0 aliphatic rings. The highest BCUT2D eigenvalue weighted by Gasteiger charge is 2.20. The number of benzene rings is 2. The first-order valence-electron chi connectivity index (χ1n) is 6.75. The van der Waals surface area contributed by atoms with E-state index in [-0.39, 0.29) is 5.78 Å². The number of carbonyl (C=O) groups is 1. The fraction of sp³-hybridized carbons (Fsp3) is 0.235. The van der Waals surface area contributed by atoms with Crippen LogP contribution in [0.15, 0.2) is 36.4 Å². The van der Waals surface area contributed by atoms with Gasteiger partial charge in [-0.3, -0.25) is 9.36 Å². The minimum atomic E-state index is -2.39. The molecule has 3 nitrogen and oxygen atoms in total. The molecule has 0 saturated heterocycles. The summed E-state index contributed by atoms with van der Waals surface area (Å²) in [6.45, 7) is 5.86. The molecule has 2 aromatic rings. The predicted molar refractivity (Wildman–Crippen MR) is 86.2 cm³/mol. The van der Waals surface area contributed by atoms with Crippen molar-refractivity contribution in [2.24, 2.45) is 0 Å². The predicted octanol–water partition coefficient (Wildman–Crippen LogP) is 3.59. The van der Waals surface area contributed by atoms with Crippen LogP contribution in [0.2, 0.25) is 0 Å². The van der Waals surface area contributed by atoms with Gasteiger partial charge in [-0.25, -0.2) is 0 Å². The summed E-state index contributed by atoms with van der Waals surface area (Å²) in [5.41, 5.74) is 4.13. The van der Waals surface area contributed by atoms with E-state index in [0.717, 1.165) is 16.7 Å². The van der Waals surface area contributed by atoms with Crippen molar-refractivity contribution in [1.82, 2.24) is 0 Å². The standard InChI is InChI=1S/C17H19O3P/c1-11-9-12(2)16(13(3)10-11)17(18)14-7-5-6-8-15(14)21(19)20-4/h5-10,21H,1-4H3. The van der Waals surface area contributed by atoms with E-state index in [4.69, 9.17) is 4.52 Å². The number of ketones is 1. The number of carbonyl (C=O) groups excluding carboxylic acids is 1. The van der Waals surface area contributed by atoms with Crippen molar-refractivity contribution in [3.05, 3.63) is 64.2 Å². The maximum Gasteiger partial charge on any atom is 0.221 e. The second-order valence-corrected chi connectivity index (χ2v) is 6.66. The van der Waals surface area contributed by atoms with Crippen LogP contribution in [0.3, 0.4) is 0 Å². The van der Waals surface area contributed by atoms with E-state index < -0.39 is 8.03 Å². The molecule has 4 heteroatoms. The van der Waals surface area contributed by atoms with E-state index in [0.29, 0.717) is 16.4 Å². The van der Waals surface area contributed by atoms with Crippen LogP contribution in [0, 0.1) is 20.8 Å². The first kappa shape index (κ1) is 15.7. The number of hydrogen-bond acceptors (Lipinski definition) is 3. The van der Waals surface area contributed by atoms with Gasteiger partial charge >= 0.3 is 0 Å². The van der Waals surface area contributed by atoms with Crippen LogP contribution in [-0.2, 0) is 9.09 Å². The summed E-state index contributed by atoms with van der Waals surface area (Å²) in [4.78, 5) is 12.9. The highest BCUT2D eigenvalue weighted by Crippen LogP contribution is 2.25. The van der Waals surface area contributed by atoms with Crippen molar-refractivity contribution < 1.29 is 13.9 Å². The quantitative estimate of drug-likeness (QED) is 0.640. The summed E-state index contributed by atoms with van der Waals surface area (Å²) in [5, 5.41) is 0.481. The molecule has 0 saturated carbocycles. The Labute approximate surface area is 125 Å². The molecular formula is C17H19O3P. The zero-order chi connectivity index (χ0) is 15.6. The summed E-state index contributed by atoms with van der Waals surface area (Å²) in [6.07, 6.45) is 0. The van der Waals surface area contributed by atoms with E-state index in [1.165, 1.54) is 7.11 Å². The molecule has 2 aromatic carbocycles. The fourth-order valence-corrected chi connectivity index (χ4v) is 3.51. The van der Waals surface area contributed by atoms with E-state index in [1.807, 2.05) is 32.9 Å². The fourth-order valence-electron chi connectivity index (χ4n) is 2.64. The highest BCUT2D eigenvalue weighted by atomic mass is 31.1. The first-order valence-corrected chi connectivity index (χ1v) is 8.07. The average Bonchev–Trinajstić information content (AvgIpc) is 2.45. The Morgan fingerprint density at radius 2 is 1.62 bits per heavy atom. The maximum absolute atomic E-state index is 12.9. The largest absolute Gasteiger partial charge is 0.331 e. The van der Waals surface area contributed by atoms with Crippen LogP contribution >= 0.6 is 8.03 Å². The molecule has 110 valence electrons. The molecule has 0 aromatic heterocycles.